The zero-order chi connectivity index (χ0) is 23.6. The van der Waals surface area contributed by atoms with E-state index in [9.17, 15) is 9.90 Å². The van der Waals surface area contributed by atoms with Crippen LogP contribution in [0.2, 0.25) is 0 Å². The molecule has 0 spiro atoms. The SMILES string of the molecule is CCC[C@H](O)CN(CCCOC)CC(=O)N1CCc2sccc2[C@H]1COc1cccc(C)c1. The van der Waals surface area contributed by atoms with Crippen molar-refractivity contribution in [3.8, 4) is 5.75 Å². The molecule has 3 rings (SSSR count). The predicted octanol–water partition coefficient (Wildman–Crippen LogP) is 4.06. The van der Waals surface area contributed by atoms with Crippen molar-refractivity contribution >= 4 is 17.2 Å². The Hall–Kier alpha value is -1.93. The van der Waals surface area contributed by atoms with Crippen LogP contribution in [0, 0.1) is 6.92 Å². The number of methoxy groups -OCH3 is 1. The van der Waals surface area contributed by atoms with Gasteiger partial charge in [0.2, 0.25) is 5.91 Å². The third-order valence-electron chi connectivity index (χ3n) is 6.09. The molecule has 1 aromatic heterocycles. The summed E-state index contributed by atoms with van der Waals surface area (Å²) < 4.78 is 11.4. The summed E-state index contributed by atoms with van der Waals surface area (Å²) in [4.78, 5) is 18.9. The molecule has 2 heterocycles. The smallest absolute Gasteiger partial charge is 0.237 e. The Balaban J connectivity index is 1.70. The highest BCUT2D eigenvalue weighted by atomic mass is 32.1. The number of benzene rings is 1. The number of rotatable bonds is 13. The number of nitrogens with zero attached hydrogens (tertiary/aromatic N) is 2. The van der Waals surface area contributed by atoms with Crippen molar-refractivity contribution < 1.29 is 19.4 Å². The fourth-order valence-corrected chi connectivity index (χ4v) is 5.36. The van der Waals surface area contributed by atoms with E-state index in [1.54, 1.807) is 18.4 Å². The molecule has 0 bridgehead atoms. The highest BCUT2D eigenvalue weighted by Gasteiger charge is 2.33. The van der Waals surface area contributed by atoms with Crippen LogP contribution in [-0.4, -0.2) is 73.4 Å². The lowest BCUT2D eigenvalue weighted by molar-refractivity contribution is -0.136. The molecule has 1 aliphatic rings. The highest BCUT2D eigenvalue weighted by Crippen LogP contribution is 2.34. The maximum Gasteiger partial charge on any atom is 0.237 e. The van der Waals surface area contributed by atoms with Gasteiger partial charge in [-0.1, -0.05) is 25.5 Å². The Labute approximate surface area is 202 Å². The molecule has 7 heteroatoms. The normalized spacial score (nSPS) is 16.6. The molecule has 2 atom stereocenters. The molecule has 1 amide bonds. The number of aliphatic hydroxyl groups is 1. The van der Waals surface area contributed by atoms with Gasteiger partial charge in [-0.2, -0.15) is 0 Å². The van der Waals surface area contributed by atoms with E-state index >= 15 is 0 Å². The second-order valence-electron chi connectivity index (χ2n) is 8.80. The summed E-state index contributed by atoms with van der Waals surface area (Å²) in [6.07, 6.45) is 2.95. The van der Waals surface area contributed by atoms with Gasteiger partial charge in [0.25, 0.3) is 0 Å². The van der Waals surface area contributed by atoms with Crippen LogP contribution < -0.4 is 4.74 Å². The maximum absolute atomic E-state index is 13.5. The minimum Gasteiger partial charge on any atom is -0.491 e. The van der Waals surface area contributed by atoms with Gasteiger partial charge in [-0.25, -0.2) is 0 Å². The average molecular weight is 475 g/mol. The lowest BCUT2D eigenvalue weighted by atomic mass is 10.0. The van der Waals surface area contributed by atoms with Crippen molar-refractivity contribution in [3.05, 3.63) is 51.7 Å². The average Bonchev–Trinajstić information content (AvgIpc) is 3.27. The van der Waals surface area contributed by atoms with Crippen LogP contribution in [0.5, 0.6) is 5.75 Å². The molecule has 1 aromatic carbocycles. The minimum absolute atomic E-state index is 0.0887. The molecule has 0 fully saturated rings. The van der Waals surface area contributed by atoms with Crippen molar-refractivity contribution in [3.63, 3.8) is 0 Å². The summed E-state index contributed by atoms with van der Waals surface area (Å²) in [5.41, 5.74) is 2.35. The van der Waals surface area contributed by atoms with Crippen LogP contribution in [0.15, 0.2) is 35.7 Å². The van der Waals surface area contributed by atoms with Gasteiger partial charge in [-0.15, -0.1) is 11.3 Å². The van der Waals surface area contributed by atoms with Gasteiger partial charge >= 0.3 is 0 Å². The number of aryl methyl sites for hydroxylation is 1. The second-order valence-corrected chi connectivity index (χ2v) is 9.80. The Kier molecular flexibility index (Phi) is 10.2. The second kappa shape index (κ2) is 13.1. The molecule has 0 radical (unpaired) electrons. The molecule has 182 valence electrons. The first-order chi connectivity index (χ1) is 16.0. The first-order valence-electron chi connectivity index (χ1n) is 12.0. The Bertz CT molecular complexity index is 871. The van der Waals surface area contributed by atoms with E-state index in [0.29, 0.717) is 32.8 Å². The monoisotopic (exact) mass is 474 g/mol. The van der Waals surface area contributed by atoms with Gasteiger partial charge in [0, 0.05) is 38.2 Å². The number of hydrogen-bond donors (Lipinski definition) is 1. The zero-order valence-electron chi connectivity index (χ0n) is 20.2. The van der Waals surface area contributed by atoms with Crippen LogP contribution in [0.4, 0.5) is 0 Å². The predicted molar refractivity (Wildman–Crippen MR) is 133 cm³/mol. The van der Waals surface area contributed by atoms with Gasteiger partial charge in [-0.3, -0.25) is 9.69 Å². The lowest BCUT2D eigenvalue weighted by Gasteiger charge is -2.37. The van der Waals surface area contributed by atoms with Gasteiger partial charge in [0.05, 0.1) is 18.7 Å². The molecule has 0 saturated carbocycles. The third kappa shape index (κ3) is 7.54. The van der Waals surface area contributed by atoms with Crippen molar-refractivity contribution in [2.75, 3.05) is 46.5 Å². The van der Waals surface area contributed by atoms with Crippen molar-refractivity contribution in [1.82, 2.24) is 9.80 Å². The fourth-order valence-electron chi connectivity index (χ4n) is 4.43. The maximum atomic E-state index is 13.5. The zero-order valence-corrected chi connectivity index (χ0v) is 21.0. The molecule has 0 saturated heterocycles. The van der Waals surface area contributed by atoms with E-state index in [1.165, 1.54) is 10.4 Å². The summed E-state index contributed by atoms with van der Waals surface area (Å²) in [6.45, 7) is 7.40. The molecule has 2 aromatic rings. The molecule has 6 nitrogen and oxygen atoms in total. The number of carbonyl (C=O) groups excluding carboxylic acids is 1. The van der Waals surface area contributed by atoms with E-state index in [4.69, 9.17) is 9.47 Å². The molecule has 0 aliphatic carbocycles. The van der Waals surface area contributed by atoms with Crippen LogP contribution in [0.1, 0.15) is 48.2 Å². The van der Waals surface area contributed by atoms with E-state index in [2.05, 4.69) is 23.3 Å². The van der Waals surface area contributed by atoms with Crippen LogP contribution in [0.25, 0.3) is 0 Å². The number of hydrogen-bond acceptors (Lipinski definition) is 6. The molecular formula is C26H38N2O4S. The summed E-state index contributed by atoms with van der Waals surface area (Å²) in [5.74, 6) is 0.916. The fraction of sp³-hybridized carbons (Fsp3) is 0.577. The number of carbonyl (C=O) groups is 1. The van der Waals surface area contributed by atoms with Crippen molar-refractivity contribution in [1.29, 1.82) is 0 Å². The third-order valence-corrected chi connectivity index (χ3v) is 7.08. The van der Waals surface area contributed by atoms with E-state index in [0.717, 1.165) is 43.5 Å². The largest absolute Gasteiger partial charge is 0.491 e. The van der Waals surface area contributed by atoms with E-state index in [-0.39, 0.29) is 11.9 Å². The molecular weight excluding hydrogens is 436 g/mol. The number of amides is 1. The Morgan fingerprint density at radius 1 is 1.36 bits per heavy atom. The van der Waals surface area contributed by atoms with Gasteiger partial charge in [0.15, 0.2) is 0 Å². The highest BCUT2D eigenvalue weighted by molar-refractivity contribution is 7.10. The minimum atomic E-state index is -0.421. The molecule has 0 unspecified atom stereocenters. The molecule has 1 aliphatic heterocycles. The topological polar surface area (TPSA) is 62.2 Å². The number of aliphatic hydroxyl groups excluding tert-OH is 1. The van der Waals surface area contributed by atoms with Gasteiger partial charge < -0.3 is 19.5 Å². The Morgan fingerprint density at radius 3 is 2.97 bits per heavy atom. The molecule has 1 N–H and O–H groups in total. The number of ether oxygens (including phenoxy) is 2. The standard InChI is InChI=1S/C26H38N2O4S/c1-4-7-21(29)17-27(12-6-14-31-3)18-26(30)28-13-10-25-23(11-15-33-25)24(28)19-32-22-9-5-8-20(2)16-22/h5,8-9,11,15-16,21,24,29H,4,6-7,10,12-14,17-19H2,1-3H3/t21-,24+/m0/s1. The quantitative estimate of drug-likeness (QED) is 0.444. The van der Waals surface area contributed by atoms with E-state index < -0.39 is 6.10 Å². The first-order valence-corrected chi connectivity index (χ1v) is 12.8. The summed E-state index contributed by atoms with van der Waals surface area (Å²) in [5, 5.41) is 12.5. The first kappa shape index (κ1) is 25.7. The summed E-state index contributed by atoms with van der Waals surface area (Å²) >= 11 is 1.76. The Morgan fingerprint density at radius 2 is 2.21 bits per heavy atom. The van der Waals surface area contributed by atoms with E-state index in [1.807, 2.05) is 36.1 Å². The summed E-state index contributed by atoms with van der Waals surface area (Å²) in [7, 11) is 1.69. The molecule has 33 heavy (non-hydrogen) atoms. The van der Waals surface area contributed by atoms with Crippen LogP contribution in [0.3, 0.4) is 0 Å². The van der Waals surface area contributed by atoms with Crippen LogP contribution >= 0.6 is 11.3 Å². The van der Waals surface area contributed by atoms with Crippen molar-refractivity contribution in [2.24, 2.45) is 0 Å². The lowest BCUT2D eigenvalue weighted by Crippen LogP contribution is -2.48. The van der Waals surface area contributed by atoms with Crippen molar-refractivity contribution in [2.45, 2.75) is 51.7 Å². The summed E-state index contributed by atoms with van der Waals surface area (Å²) in [6, 6.07) is 10.1. The van der Waals surface area contributed by atoms with Gasteiger partial charge in [0.1, 0.15) is 12.4 Å². The number of thiophene rings is 1. The number of fused-ring (bicyclic) bond motifs is 1. The van der Waals surface area contributed by atoms with Gasteiger partial charge in [-0.05, 0) is 60.9 Å². The van der Waals surface area contributed by atoms with Crippen LogP contribution in [-0.2, 0) is 16.0 Å².